The van der Waals surface area contributed by atoms with Crippen LogP contribution in [0.15, 0.2) is 18.5 Å². The minimum Gasteiger partial charge on any atom is -0.459 e. The highest BCUT2D eigenvalue weighted by Crippen LogP contribution is 2.42. The average molecular weight is 740 g/mol. The number of aliphatic hydroxyl groups is 1. The molecule has 13 heteroatoms. The number of nitrogens with zero attached hydrogens (tertiary/aromatic N) is 4. The van der Waals surface area contributed by atoms with Gasteiger partial charge in [0.15, 0.2) is 17.0 Å². The summed E-state index contributed by atoms with van der Waals surface area (Å²) in [4.78, 5) is 50.3. The maximum Gasteiger partial charge on any atom is 0.312 e. The Morgan fingerprint density at radius 3 is 2.30 bits per heavy atom. The number of imidazole rings is 1. The number of hydrogen-bond acceptors (Lipinski definition) is 10. The van der Waals surface area contributed by atoms with E-state index in [1.165, 1.54) is 62.8 Å². The third-order valence-corrected chi connectivity index (χ3v) is 10.0. The molecule has 2 aromatic heterocycles. The number of amides is 1. The summed E-state index contributed by atoms with van der Waals surface area (Å²) < 4.78 is 34.0. The van der Waals surface area contributed by atoms with Crippen LogP contribution in [0.3, 0.4) is 0 Å². The highest BCUT2D eigenvalue weighted by molar-refractivity contribution is 5.96. The Bertz CT molecular complexity index is 1730. The van der Waals surface area contributed by atoms with Crippen molar-refractivity contribution in [2.24, 2.45) is 0 Å². The van der Waals surface area contributed by atoms with Crippen LogP contribution in [0.1, 0.15) is 147 Å². The smallest absolute Gasteiger partial charge is 0.312 e. The summed E-state index contributed by atoms with van der Waals surface area (Å²) in [7, 11) is 0. The summed E-state index contributed by atoms with van der Waals surface area (Å²) >= 11 is 0. The first-order chi connectivity index (χ1) is 25.2. The lowest BCUT2D eigenvalue weighted by atomic mass is 9.78. The zero-order valence-electron chi connectivity index (χ0n) is 32.6. The van der Waals surface area contributed by atoms with Crippen LogP contribution in [0.2, 0.25) is 0 Å². The maximum absolute atomic E-state index is 14.8. The normalized spacial score (nSPS) is 18.7. The van der Waals surface area contributed by atoms with Crippen molar-refractivity contribution in [1.29, 1.82) is 0 Å². The van der Waals surface area contributed by atoms with Gasteiger partial charge >= 0.3 is 18.0 Å². The Morgan fingerprint density at radius 2 is 1.68 bits per heavy atom. The fraction of sp³-hybridized carbons (Fsp3) is 0.650. The number of rotatable bonds is 20. The van der Waals surface area contributed by atoms with Crippen molar-refractivity contribution in [3.63, 3.8) is 0 Å². The largest absolute Gasteiger partial charge is 0.459 e. The second kappa shape index (κ2) is 18.9. The zero-order valence-corrected chi connectivity index (χ0v) is 32.6. The van der Waals surface area contributed by atoms with E-state index in [-0.39, 0.29) is 42.2 Å². The van der Waals surface area contributed by atoms with Crippen molar-refractivity contribution in [1.82, 2.24) is 19.5 Å². The van der Waals surface area contributed by atoms with Crippen LogP contribution in [-0.2, 0) is 29.3 Å². The molecule has 1 fully saturated rings. The number of carbonyl (C=O) groups excluding carboxylic acids is 3. The quantitative estimate of drug-likeness (QED) is 0.0503. The SMILES string of the molecule is CCCCCCCCCCCCCC(=O)Nc1nc(F)nc2c1ncn2[C@H]1C[C@H](OC(=O)CC(C)(C)c2c(C)cc(C)cc2OC(C)=O)[C@@](C)(CO)O1. The van der Waals surface area contributed by atoms with E-state index in [1.54, 1.807) is 13.0 Å². The van der Waals surface area contributed by atoms with Crippen LogP contribution in [0, 0.1) is 19.9 Å². The lowest BCUT2D eigenvalue weighted by molar-refractivity contribution is -0.165. The van der Waals surface area contributed by atoms with Crippen LogP contribution in [-0.4, -0.2) is 60.8 Å². The predicted octanol–water partition coefficient (Wildman–Crippen LogP) is 8.10. The fourth-order valence-electron chi connectivity index (χ4n) is 7.36. The van der Waals surface area contributed by atoms with E-state index < -0.39 is 48.0 Å². The molecule has 3 heterocycles. The van der Waals surface area contributed by atoms with E-state index in [0.717, 1.165) is 36.8 Å². The molecular formula is C40H58FN5O7. The van der Waals surface area contributed by atoms with Crippen LogP contribution < -0.4 is 10.1 Å². The van der Waals surface area contributed by atoms with E-state index in [4.69, 9.17) is 14.2 Å². The molecule has 292 valence electrons. The number of nitrogens with one attached hydrogen (secondary N) is 1. The molecule has 1 saturated heterocycles. The molecule has 3 atom stereocenters. The molecule has 12 nitrogen and oxygen atoms in total. The average Bonchev–Trinajstić information content (AvgIpc) is 3.63. The number of aromatic nitrogens is 4. The fourth-order valence-corrected chi connectivity index (χ4v) is 7.36. The van der Waals surface area contributed by atoms with Gasteiger partial charge in [-0.05, 0) is 44.4 Å². The number of anilines is 1. The molecule has 0 aliphatic carbocycles. The van der Waals surface area contributed by atoms with Gasteiger partial charge in [0.1, 0.15) is 23.7 Å². The monoisotopic (exact) mass is 739 g/mol. The van der Waals surface area contributed by atoms with E-state index >= 15 is 0 Å². The summed E-state index contributed by atoms with van der Waals surface area (Å²) in [6.07, 6.45) is 11.9. The first-order valence-electron chi connectivity index (χ1n) is 19.2. The Kier molecular flexibility index (Phi) is 14.9. The van der Waals surface area contributed by atoms with Gasteiger partial charge in [0.25, 0.3) is 0 Å². The summed E-state index contributed by atoms with van der Waals surface area (Å²) in [5.41, 5.74) is 0.711. The molecular weight excluding hydrogens is 681 g/mol. The van der Waals surface area contributed by atoms with Crippen LogP contribution in [0.25, 0.3) is 11.2 Å². The first-order valence-corrected chi connectivity index (χ1v) is 19.2. The lowest BCUT2D eigenvalue weighted by Crippen LogP contribution is -2.43. The van der Waals surface area contributed by atoms with Crippen molar-refractivity contribution in [2.75, 3.05) is 11.9 Å². The van der Waals surface area contributed by atoms with Gasteiger partial charge in [0, 0.05) is 30.7 Å². The lowest BCUT2D eigenvalue weighted by Gasteiger charge is -2.31. The number of halogens is 1. The van der Waals surface area contributed by atoms with Crippen molar-refractivity contribution in [3.05, 3.63) is 41.2 Å². The van der Waals surface area contributed by atoms with Gasteiger partial charge in [-0.2, -0.15) is 14.4 Å². The van der Waals surface area contributed by atoms with Crippen molar-refractivity contribution < 1.29 is 38.1 Å². The molecule has 53 heavy (non-hydrogen) atoms. The van der Waals surface area contributed by atoms with Crippen molar-refractivity contribution in [3.8, 4) is 5.75 Å². The molecule has 0 radical (unpaired) electrons. The highest BCUT2D eigenvalue weighted by Gasteiger charge is 2.49. The molecule has 1 aliphatic heterocycles. The second-order valence-corrected chi connectivity index (χ2v) is 15.4. The minimum atomic E-state index is -1.29. The summed E-state index contributed by atoms with van der Waals surface area (Å²) in [5, 5.41) is 13.1. The van der Waals surface area contributed by atoms with E-state index in [1.807, 2.05) is 33.8 Å². The third-order valence-electron chi connectivity index (χ3n) is 10.0. The van der Waals surface area contributed by atoms with Crippen LogP contribution in [0.4, 0.5) is 10.2 Å². The number of aryl methyl sites for hydroxylation is 2. The third kappa shape index (κ3) is 11.3. The maximum atomic E-state index is 14.8. The molecule has 3 aromatic rings. The summed E-state index contributed by atoms with van der Waals surface area (Å²) in [5.74, 6) is -0.927. The number of benzene rings is 1. The van der Waals surface area contributed by atoms with Crippen LogP contribution >= 0.6 is 0 Å². The summed E-state index contributed by atoms with van der Waals surface area (Å²) in [6.45, 7) is 12.3. The Balaban J connectivity index is 1.37. The Hall–Kier alpha value is -3.97. The van der Waals surface area contributed by atoms with E-state index in [0.29, 0.717) is 11.3 Å². The van der Waals surface area contributed by atoms with Crippen molar-refractivity contribution in [2.45, 2.75) is 162 Å². The van der Waals surface area contributed by atoms with Gasteiger partial charge in [-0.25, -0.2) is 4.98 Å². The van der Waals surface area contributed by atoms with Crippen molar-refractivity contribution >= 4 is 34.8 Å². The second-order valence-electron chi connectivity index (χ2n) is 15.4. The van der Waals surface area contributed by atoms with Crippen LogP contribution in [0.5, 0.6) is 5.75 Å². The Labute approximate surface area is 312 Å². The molecule has 0 unspecified atom stereocenters. The number of hydrogen-bond donors (Lipinski definition) is 2. The molecule has 4 rings (SSSR count). The predicted molar refractivity (Wildman–Crippen MR) is 200 cm³/mol. The number of esters is 2. The van der Waals surface area contributed by atoms with Gasteiger partial charge in [0.2, 0.25) is 5.91 Å². The Morgan fingerprint density at radius 1 is 1.04 bits per heavy atom. The van der Waals surface area contributed by atoms with Gasteiger partial charge < -0.3 is 24.6 Å². The van der Waals surface area contributed by atoms with Gasteiger partial charge in [0.05, 0.1) is 19.4 Å². The zero-order chi connectivity index (χ0) is 38.8. The van der Waals surface area contributed by atoms with Gasteiger partial charge in [-0.3, -0.25) is 19.0 Å². The van der Waals surface area contributed by atoms with Gasteiger partial charge in [-0.15, -0.1) is 0 Å². The number of aliphatic hydroxyl groups excluding tert-OH is 1. The number of ether oxygens (including phenoxy) is 3. The molecule has 0 bridgehead atoms. The number of carbonyl (C=O) groups is 3. The minimum absolute atomic E-state index is 0.0352. The number of unbranched alkanes of at least 4 members (excludes halogenated alkanes) is 10. The molecule has 0 spiro atoms. The molecule has 1 aromatic carbocycles. The first kappa shape index (κ1) is 41.8. The van der Waals surface area contributed by atoms with E-state index in [9.17, 15) is 23.9 Å². The molecule has 0 saturated carbocycles. The molecule has 2 N–H and O–H groups in total. The topological polar surface area (TPSA) is 155 Å². The van der Waals surface area contributed by atoms with E-state index in [2.05, 4.69) is 27.2 Å². The number of fused-ring (bicyclic) bond motifs is 1. The highest BCUT2D eigenvalue weighted by atomic mass is 19.1. The molecule has 1 amide bonds. The standard InChI is InChI=1S/C40H58FN5O7/c1-8-9-10-11-12-13-14-15-16-17-18-19-31(49)43-36-35-37(45-38(41)44-36)46(25-42-35)32-22-30(40(7,24-47)53-32)52-33(50)23-39(5,6)34-27(3)20-26(2)21-29(34)51-28(4)48/h20-21,25,30,32,47H,8-19,22-24H2,1-7H3,(H,43,44,45,49)/t30-,32+,40+/m0/s1. The summed E-state index contributed by atoms with van der Waals surface area (Å²) in [6, 6.07) is 3.73. The van der Waals surface area contributed by atoms with Gasteiger partial charge in [-0.1, -0.05) is 91.0 Å². The molecule has 1 aliphatic rings.